The van der Waals surface area contributed by atoms with Crippen molar-refractivity contribution in [2.24, 2.45) is 0 Å². The van der Waals surface area contributed by atoms with Crippen LogP contribution in [-0.2, 0) is 0 Å². The monoisotopic (exact) mass is 277 g/mol. The second kappa shape index (κ2) is 5.97. The van der Waals surface area contributed by atoms with Crippen molar-refractivity contribution in [2.75, 3.05) is 0 Å². The average Bonchev–Trinajstić information content (AvgIpc) is 2.92. The molecule has 0 aliphatic carbocycles. The van der Waals surface area contributed by atoms with Gasteiger partial charge in [-0.3, -0.25) is 4.79 Å². The maximum atomic E-state index is 13.7. The third kappa shape index (κ3) is 3.20. The van der Waals surface area contributed by atoms with E-state index < -0.39 is 5.82 Å². The summed E-state index contributed by atoms with van der Waals surface area (Å²) in [6.07, 6.45) is 0.777. The fourth-order valence-electron chi connectivity index (χ4n) is 1.91. The Morgan fingerprint density at radius 1 is 1.42 bits per heavy atom. The third-order valence-electron chi connectivity index (χ3n) is 2.97. The lowest BCUT2D eigenvalue weighted by Crippen LogP contribution is -2.28. The highest BCUT2D eigenvalue weighted by atomic mass is 32.1. The van der Waals surface area contributed by atoms with Crippen molar-refractivity contribution >= 4 is 17.2 Å². The standard InChI is InChI=1S/C15H16FNOS/c1-3-13(14-5-4-8-19-14)17-15(18)11-9-10(2)6-7-12(11)16/h4-9,13H,3H2,1-2H3,(H,17,18). The first-order valence-corrected chi connectivity index (χ1v) is 7.10. The number of halogens is 1. The predicted octanol–water partition coefficient (Wildman–Crippen LogP) is 4.08. The van der Waals surface area contributed by atoms with Crippen LogP contribution in [0.5, 0.6) is 0 Å². The topological polar surface area (TPSA) is 29.1 Å². The Bertz CT molecular complexity index is 566. The van der Waals surface area contributed by atoms with Gasteiger partial charge in [0.05, 0.1) is 11.6 Å². The molecule has 1 unspecified atom stereocenters. The summed E-state index contributed by atoms with van der Waals surface area (Å²) >= 11 is 1.59. The van der Waals surface area contributed by atoms with Gasteiger partial charge in [0.1, 0.15) is 5.82 Å². The molecular weight excluding hydrogens is 261 g/mol. The van der Waals surface area contributed by atoms with Gasteiger partial charge in [-0.2, -0.15) is 0 Å². The number of amides is 1. The van der Waals surface area contributed by atoms with Crippen LogP contribution < -0.4 is 5.32 Å². The second-order valence-electron chi connectivity index (χ2n) is 4.43. The van der Waals surface area contributed by atoms with E-state index in [2.05, 4.69) is 5.32 Å². The van der Waals surface area contributed by atoms with Crippen molar-refractivity contribution < 1.29 is 9.18 Å². The molecule has 1 aromatic carbocycles. The molecule has 2 nitrogen and oxygen atoms in total. The number of hydrogen-bond donors (Lipinski definition) is 1. The molecule has 0 bridgehead atoms. The summed E-state index contributed by atoms with van der Waals surface area (Å²) in [5.41, 5.74) is 0.978. The summed E-state index contributed by atoms with van der Waals surface area (Å²) in [5.74, 6) is -0.842. The summed E-state index contributed by atoms with van der Waals surface area (Å²) in [6, 6.07) is 8.42. The van der Waals surface area contributed by atoms with Gasteiger partial charge in [-0.25, -0.2) is 4.39 Å². The molecule has 1 N–H and O–H groups in total. The fourth-order valence-corrected chi connectivity index (χ4v) is 2.77. The van der Waals surface area contributed by atoms with E-state index in [1.54, 1.807) is 23.5 Å². The van der Waals surface area contributed by atoms with Crippen molar-refractivity contribution in [3.63, 3.8) is 0 Å². The van der Waals surface area contributed by atoms with Crippen molar-refractivity contribution in [1.82, 2.24) is 5.32 Å². The molecular formula is C15H16FNOS. The van der Waals surface area contributed by atoms with E-state index in [4.69, 9.17) is 0 Å². The number of rotatable bonds is 4. The van der Waals surface area contributed by atoms with Crippen LogP contribution in [0.15, 0.2) is 35.7 Å². The molecule has 0 spiro atoms. The Hall–Kier alpha value is -1.68. The van der Waals surface area contributed by atoms with Gasteiger partial charge >= 0.3 is 0 Å². The first-order valence-electron chi connectivity index (χ1n) is 6.22. The molecule has 0 radical (unpaired) electrons. The number of hydrogen-bond acceptors (Lipinski definition) is 2. The highest BCUT2D eigenvalue weighted by Crippen LogP contribution is 2.22. The molecule has 1 amide bonds. The minimum Gasteiger partial charge on any atom is -0.344 e. The molecule has 0 saturated heterocycles. The molecule has 0 saturated carbocycles. The zero-order valence-corrected chi connectivity index (χ0v) is 11.8. The summed E-state index contributed by atoms with van der Waals surface area (Å²) in [4.78, 5) is 13.2. The first kappa shape index (κ1) is 13.7. The summed E-state index contributed by atoms with van der Waals surface area (Å²) in [7, 11) is 0. The van der Waals surface area contributed by atoms with E-state index in [1.807, 2.05) is 31.4 Å². The van der Waals surface area contributed by atoms with E-state index in [-0.39, 0.29) is 17.5 Å². The number of thiophene rings is 1. The summed E-state index contributed by atoms with van der Waals surface area (Å²) in [6.45, 7) is 3.84. The molecule has 1 heterocycles. The number of carbonyl (C=O) groups excluding carboxylic acids is 1. The van der Waals surface area contributed by atoms with Gasteiger partial charge in [0, 0.05) is 4.88 Å². The molecule has 2 aromatic rings. The van der Waals surface area contributed by atoms with Crippen LogP contribution in [0.25, 0.3) is 0 Å². The Balaban J connectivity index is 2.18. The van der Waals surface area contributed by atoms with E-state index in [1.165, 1.54) is 6.07 Å². The van der Waals surface area contributed by atoms with Crippen LogP contribution in [0.2, 0.25) is 0 Å². The first-order chi connectivity index (χ1) is 9.11. The molecule has 0 aliphatic heterocycles. The maximum absolute atomic E-state index is 13.7. The molecule has 0 aliphatic rings. The highest BCUT2D eigenvalue weighted by molar-refractivity contribution is 7.10. The summed E-state index contributed by atoms with van der Waals surface area (Å²) < 4.78 is 13.7. The van der Waals surface area contributed by atoms with Crippen LogP contribution in [-0.4, -0.2) is 5.91 Å². The van der Waals surface area contributed by atoms with Gasteiger partial charge < -0.3 is 5.32 Å². The van der Waals surface area contributed by atoms with E-state index in [0.29, 0.717) is 0 Å². The fraction of sp³-hybridized carbons (Fsp3) is 0.267. The third-order valence-corrected chi connectivity index (χ3v) is 3.95. The normalized spacial score (nSPS) is 12.2. The molecule has 100 valence electrons. The van der Waals surface area contributed by atoms with Crippen molar-refractivity contribution in [3.8, 4) is 0 Å². The lowest BCUT2D eigenvalue weighted by Gasteiger charge is -2.16. The van der Waals surface area contributed by atoms with Gasteiger partial charge in [0.2, 0.25) is 0 Å². The van der Waals surface area contributed by atoms with Crippen molar-refractivity contribution in [2.45, 2.75) is 26.3 Å². The average molecular weight is 277 g/mol. The van der Waals surface area contributed by atoms with Crippen LogP contribution in [0.1, 0.15) is 40.2 Å². The van der Waals surface area contributed by atoms with Gasteiger partial charge in [-0.15, -0.1) is 11.3 Å². The number of carbonyl (C=O) groups is 1. The molecule has 0 fully saturated rings. The minimum absolute atomic E-state index is 0.0626. The molecule has 1 atom stereocenters. The number of aryl methyl sites for hydroxylation is 1. The number of nitrogens with one attached hydrogen (secondary N) is 1. The quantitative estimate of drug-likeness (QED) is 0.896. The largest absolute Gasteiger partial charge is 0.344 e. The lowest BCUT2D eigenvalue weighted by atomic mass is 10.1. The van der Waals surface area contributed by atoms with Crippen molar-refractivity contribution in [1.29, 1.82) is 0 Å². The Morgan fingerprint density at radius 3 is 2.84 bits per heavy atom. The van der Waals surface area contributed by atoms with E-state index >= 15 is 0 Å². The zero-order valence-electron chi connectivity index (χ0n) is 10.9. The van der Waals surface area contributed by atoms with Crippen molar-refractivity contribution in [3.05, 3.63) is 57.5 Å². The smallest absolute Gasteiger partial charge is 0.254 e. The number of benzene rings is 1. The Morgan fingerprint density at radius 2 is 2.21 bits per heavy atom. The minimum atomic E-state index is -0.482. The van der Waals surface area contributed by atoms with Crippen LogP contribution in [0.3, 0.4) is 0 Å². The Kier molecular flexibility index (Phi) is 4.32. The Labute approximate surface area is 116 Å². The molecule has 1 aromatic heterocycles. The lowest BCUT2D eigenvalue weighted by molar-refractivity contribution is 0.0932. The zero-order chi connectivity index (χ0) is 13.8. The van der Waals surface area contributed by atoms with E-state index in [0.717, 1.165) is 16.9 Å². The predicted molar refractivity (Wildman–Crippen MR) is 76.0 cm³/mol. The van der Waals surface area contributed by atoms with Crippen LogP contribution >= 0.6 is 11.3 Å². The van der Waals surface area contributed by atoms with Gasteiger partial charge in [-0.1, -0.05) is 24.6 Å². The maximum Gasteiger partial charge on any atom is 0.254 e. The summed E-state index contributed by atoms with van der Waals surface area (Å²) in [5, 5.41) is 4.85. The van der Waals surface area contributed by atoms with Crippen LogP contribution in [0.4, 0.5) is 4.39 Å². The highest BCUT2D eigenvalue weighted by Gasteiger charge is 2.17. The van der Waals surface area contributed by atoms with Gasteiger partial charge in [0.15, 0.2) is 0 Å². The van der Waals surface area contributed by atoms with Crippen LogP contribution in [0, 0.1) is 12.7 Å². The second-order valence-corrected chi connectivity index (χ2v) is 5.41. The SMILES string of the molecule is CCC(NC(=O)c1cc(C)ccc1F)c1cccs1. The molecule has 19 heavy (non-hydrogen) atoms. The van der Waals surface area contributed by atoms with Gasteiger partial charge in [-0.05, 0) is 36.9 Å². The molecule has 2 rings (SSSR count). The van der Waals surface area contributed by atoms with Gasteiger partial charge in [0.25, 0.3) is 5.91 Å². The van der Waals surface area contributed by atoms with E-state index in [9.17, 15) is 9.18 Å². The molecule has 4 heteroatoms.